The van der Waals surface area contributed by atoms with E-state index in [0.717, 1.165) is 33.6 Å². The summed E-state index contributed by atoms with van der Waals surface area (Å²) in [5, 5.41) is 4.29. The minimum atomic E-state index is 0.394. The zero-order valence-corrected chi connectivity index (χ0v) is 13.6. The summed E-state index contributed by atoms with van der Waals surface area (Å²) >= 11 is 9.51. The maximum Gasteiger partial charge on any atom is 0.125 e. The maximum atomic E-state index is 6.04. The highest BCUT2D eigenvalue weighted by molar-refractivity contribution is 9.10. The zero-order valence-electron chi connectivity index (χ0n) is 11.3. The number of rotatable bonds is 3. The van der Waals surface area contributed by atoms with Gasteiger partial charge in [0.15, 0.2) is 0 Å². The molecule has 2 heterocycles. The zero-order chi connectivity index (χ0) is 14.3. The SMILES string of the molecule is Cc1c(Cn2c(CCl)nc3cc(Br)ccc32)cnn1C. The van der Waals surface area contributed by atoms with Crippen LogP contribution in [0, 0.1) is 6.92 Å². The first-order chi connectivity index (χ1) is 9.60. The lowest BCUT2D eigenvalue weighted by atomic mass is 10.2. The molecular weight excluding hydrogens is 340 g/mol. The van der Waals surface area contributed by atoms with Crippen molar-refractivity contribution in [3.63, 3.8) is 0 Å². The summed E-state index contributed by atoms with van der Waals surface area (Å²) in [4.78, 5) is 4.60. The van der Waals surface area contributed by atoms with Crippen LogP contribution in [0.3, 0.4) is 0 Å². The van der Waals surface area contributed by atoms with Crippen molar-refractivity contribution in [1.29, 1.82) is 0 Å². The van der Waals surface area contributed by atoms with Gasteiger partial charge in [-0.2, -0.15) is 5.10 Å². The van der Waals surface area contributed by atoms with Crippen LogP contribution in [-0.4, -0.2) is 19.3 Å². The Labute approximate surface area is 130 Å². The van der Waals surface area contributed by atoms with E-state index in [1.807, 2.05) is 30.1 Å². The molecule has 6 heteroatoms. The van der Waals surface area contributed by atoms with Crippen molar-refractivity contribution in [3.05, 3.63) is 46.0 Å². The molecule has 1 aromatic carbocycles. The summed E-state index contributed by atoms with van der Waals surface area (Å²) in [7, 11) is 1.95. The molecule has 0 amide bonds. The van der Waals surface area contributed by atoms with E-state index >= 15 is 0 Å². The van der Waals surface area contributed by atoms with E-state index in [-0.39, 0.29) is 0 Å². The Morgan fingerprint density at radius 2 is 2.15 bits per heavy atom. The predicted molar refractivity (Wildman–Crippen MR) is 84.0 cm³/mol. The van der Waals surface area contributed by atoms with Crippen molar-refractivity contribution >= 4 is 38.6 Å². The number of alkyl halides is 1. The van der Waals surface area contributed by atoms with Crippen molar-refractivity contribution in [3.8, 4) is 0 Å². The highest BCUT2D eigenvalue weighted by atomic mass is 79.9. The molecule has 0 saturated carbocycles. The first-order valence-corrected chi connectivity index (χ1v) is 7.61. The van der Waals surface area contributed by atoms with Gasteiger partial charge in [0.25, 0.3) is 0 Å². The summed E-state index contributed by atoms with van der Waals surface area (Å²) in [5.41, 5.74) is 4.38. The number of halogens is 2. The average Bonchev–Trinajstić information content (AvgIpc) is 2.93. The Balaban J connectivity index is 2.12. The Morgan fingerprint density at radius 3 is 2.80 bits per heavy atom. The van der Waals surface area contributed by atoms with E-state index < -0.39 is 0 Å². The predicted octanol–water partition coefficient (Wildman–Crippen LogP) is 3.63. The number of hydrogen-bond donors (Lipinski definition) is 0. The van der Waals surface area contributed by atoms with Crippen LogP contribution < -0.4 is 0 Å². The number of benzene rings is 1. The minimum Gasteiger partial charge on any atom is -0.322 e. The third-order valence-electron chi connectivity index (χ3n) is 3.57. The topological polar surface area (TPSA) is 35.6 Å². The van der Waals surface area contributed by atoms with Crippen molar-refractivity contribution in [1.82, 2.24) is 19.3 Å². The van der Waals surface area contributed by atoms with Gasteiger partial charge < -0.3 is 4.57 Å². The van der Waals surface area contributed by atoms with Crippen LogP contribution >= 0.6 is 27.5 Å². The lowest BCUT2D eigenvalue weighted by Gasteiger charge is -2.07. The normalized spacial score (nSPS) is 11.4. The fraction of sp³-hybridized carbons (Fsp3) is 0.286. The molecule has 0 saturated heterocycles. The van der Waals surface area contributed by atoms with Gasteiger partial charge in [-0.25, -0.2) is 4.98 Å². The Bertz CT molecular complexity index is 775. The monoisotopic (exact) mass is 352 g/mol. The summed E-state index contributed by atoms with van der Waals surface area (Å²) in [6, 6.07) is 6.10. The van der Waals surface area contributed by atoms with E-state index in [4.69, 9.17) is 11.6 Å². The van der Waals surface area contributed by atoms with Crippen LogP contribution in [0.25, 0.3) is 11.0 Å². The summed E-state index contributed by atoms with van der Waals surface area (Å²) < 4.78 is 5.05. The molecule has 0 unspecified atom stereocenters. The second kappa shape index (κ2) is 5.22. The standard InChI is InChI=1S/C14H14BrClN4/c1-9-10(7-17-19(9)2)8-20-13-4-3-11(15)5-12(13)18-14(20)6-16/h3-5,7H,6,8H2,1-2H3. The molecule has 0 N–H and O–H groups in total. The van der Waals surface area contributed by atoms with Gasteiger partial charge in [0.2, 0.25) is 0 Å². The minimum absolute atomic E-state index is 0.394. The molecule has 0 bridgehead atoms. The first-order valence-electron chi connectivity index (χ1n) is 6.28. The van der Waals surface area contributed by atoms with Gasteiger partial charge in [0.05, 0.1) is 29.7 Å². The molecule has 0 radical (unpaired) electrons. The Hall–Kier alpha value is -1.33. The highest BCUT2D eigenvalue weighted by Crippen LogP contribution is 2.23. The molecule has 0 fully saturated rings. The third kappa shape index (κ3) is 2.25. The fourth-order valence-electron chi connectivity index (χ4n) is 2.30. The van der Waals surface area contributed by atoms with Crippen LogP contribution in [0.15, 0.2) is 28.9 Å². The van der Waals surface area contributed by atoms with E-state index in [1.54, 1.807) is 0 Å². The molecule has 3 aromatic rings. The molecule has 3 rings (SSSR count). The van der Waals surface area contributed by atoms with Crippen LogP contribution in [0.1, 0.15) is 17.1 Å². The average molecular weight is 354 g/mol. The summed E-state index contributed by atoms with van der Waals surface area (Å²) in [5.74, 6) is 1.27. The van der Waals surface area contributed by atoms with Gasteiger partial charge in [0.1, 0.15) is 5.82 Å². The second-order valence-corrected chi connectivity index (χ2v) is 5.94. The van der Waals surface area contributed by atoms with E-state index in [0.29, 0.717) is 5.88 Å². The number of nitrogens with zero attached hydrogens (tertiary/aromatic N) is 4. The lowest BCUT2D eigenvalue weighted by molar-refractivity contribution is 0.729. The van der Waals surface area contributed by atoms with Crippen LogP contribution in [0.2, 0.25) is 0 Å². The summed E-state index contributed by atoms with van der Waals surface area (Å²) in [6.07, 6.45) is 1.90. The van der Waals surface area contributed by atoms with Crippen molar-refractivity contribution in [2.45, 2.75) is 19.3 Å². The van der Waals surface area contributed by atoms with Crippen molar-refractivity contribution in [2.24, 2.45) is 7.05 Å². The molecule has 0 aliphatic rings. The van der Waals surface area contributed by atoms with E-state index in [1.165, 1.54) is 5.56 Å². The van der Waals surface area contributed by atoms with E-state index in [9.17, 15) is 0 Å². The van der Waals surface area contributed by atoms with Crippen molar-refractivity contribution in [2.75, 3.05) is 0 Å². The third-order valence-corrected chi connectivity index (χ3v) is 4.31. The lowest BCUT2D eigenvalue weighted by Crippen LogP contribution is -2.05. The molecule has 4 nitrogen and oxygen atoms in total. The number of aromatic nitrogens is 4. The molecule has 104 valence electrons. The van der Waals surface area contributed by atoms with Crippen LogP contribution in [0.5, 0.6) is 0 Å². The maximum absolute atomic E-state index is 6.04. The first kappa shape index (κ1) is 13.6. The van der Waals surface area contributed by atoms with Gasteiger partial charge in [-0.1, -0.05) is 15.9 Å². The van der Waals surface area contributed by atoms with Gasteiger partial charge >= 0.3 is 0 Å². The summed E-state index contributed by atoms with van der Waals surface area (Å²) in [6.45, 7) is 2.80. The van der Waals surface area contributed by atoms with Gasteiger partial charge in [0, 0.05) is 22.8 Å². The van der Waals surface area contributed by atoms with Crippen LogP contribution in [-0.2, 0) is 19.5 Å². The molecule has 2 aromatic heterocycles. The molecule has 0 atom stereocenters. The Morgan fingerprint density at radius 1 is 1.35 bits per heavy atom. The highest BCUT2D eigenvalue weighted by Gasteiger charge is 2.13. The fourth-order valence-corrected chi connectivity index (χ4v) is 2.85. The largest absolute Gasteiger partial charge is 0.322 e. The molecule has 0 spiro atoms. The molecule has 20 heavy (non-hydrogen) atoms. The Kier molecular flexibility index (Phi) is 3.56. The second-order valence-electron chi connectivity index (χ2n) is 4.76. The van der Waals surface area contributed by atoms with Crippen molar-refractivity contribution < 1.29 is 0 Å². The molecule has 0 aliphatic heterocycles. The number of hydrogen-bond acceptors (Lipinski definition) is 2. The van der Waals surface area contributed by atoms with Gasteiger partial charge in [-0.15, -0.1) is 11.6 Å². The molecular formula is C14H14BrClN4. The number of fused-ring (bicyclic) bond motifs is 1. The quantitative estimate of drug-likeness (QED) is 0.674. The number of aryl methyl sites for hydroxylation is 1. The van der Waals surface area contributed by atoms with Crippen LogP contribution in [0.4, 0.5) is 0 Å². The smallest absolute Gasteiger partial charge is 0.125 e. The molecule has 0 aliphatic carbocycles. The number of imidazole rings is 1. The van der Waals surface area contributed by atoms with Gasteiger partial charge in [-0.3, -0.25) is 4.68 Å². The van der Waals surface area contributed by atoms with E-state index in [2.05, 4.69) is 43.6 Å². The van der Waals surface area contributed by atoms with Gasteiger partial charge in [-0.05, 0) is 25.1 Å².